The first kappa shape index (κ1) is 19.2. The highest BCUT2D eigenvalue weighted by atomic mass is 16.2. The highest BCUT2D eigenvalue weighted by molar-refractivity contribution is 6.00. The number of fused-ring (bicyclic) bond motifs is 5. The van der Waals surface area contributed by atoms with Crippen LogP contribution in [0.2, 0.25) is 0 Å². The monoisotopic (exact) mass is 426 g/mol. The largest absolute Gasteiger partial charge is 0.349 e. The van der Waals surface area contributed by atoms with Gasteiger partial charge < -0.3 is 9.80 Å². The van der Waals surface area contributed by atoms with Crippen molar-refractivity contribution in [1.82, 2.24) is 24.7 Å². The Hall–Kier alpha value is -3.48. The van der Waals surface area contributed by atoms with E-state index in [4.69, 9.17) is 5.10 Å². The summed E-state index contributed by atoms with van der Waals surface area (Å²) in [6.07, 6.45) is 4.18. The topological polar surface area (TPSA) is 66.6 Å². The zero-order valence-electron chi connectivity index (χ0n) is 18.3. The van der Waals surface area contributed by atoms with Crippen LogP contribution in [0.25, 0.3) is 16.4 Å². The van der Waals surface area contributed by atoms with E-state index in [2.05, 4.69) is 33.3 Å². The normalized spacial score (nSPS) is 22.6. The highest BCUT2D eigenvalue weighted by Gasteiger charge is 2.44. The van der Waals surface area contributed by atoms with E-state index >= 15 is 0 Å². The first-order valence-corrected chi connectivity index (χ1v) is 11.3. The molecule has 2 aliphatic rings. The van der Waals surface area contributed by atoms with Gasteiger partial charge in [0, 0.05) is 41.5 Å². The quantitative estimate of drug-likeness (QED) is 0.498. The van der Waals surface area contributed by atoms with Crippen LogP contribution < -0.4 is 4.90 Å². The van der Waals surface area contributed by atoms with E-state index in [9.17, 15) is 4.79 Å². The Kier molecular flexibility index (Phi) is 4.38. The molecule has 2 atom stereocenters. The van der Waals surface area contributed by atoms with Gasteiger partial charge in [-0.1, -0.05) is 42.5 Å². The standard InChI is InChI=1S/C25H26N6O/c1-16-26-27-23-21-10-6-7-11-22(21)24(28-31(16)23)30-18-12-13-19(30)15-20(14-18)29(2)25(32)17-8-4-3-5-9-17/h3-11,18-20H,12-15H2,1-2H3. The van der Waals surface area contributed by atoms with Crippen LogP contribution >= 0.6 is 0 Å². The lowest BCUT2D eigenvalue weighted by Gasteiger charge is -2.43. The molecule has 2 aromatic carbocycles. The Balaban J connectivity index is 1.35. The molecular formula is C25H26N6O. The van der Waals surface area contributed by atoms with E-state index in [1.807, 2.05) is 59.8 Å². The van der Waals surface area contributed by atoms with Gasteiger partial charge in [-0.2, -0.15) is 4.52 Å². The number of nitrogens with zero attached hydrogens (tertiary/aromatic N) is 6. The van der Waals surface area contributed by atoms with Crippen molar-refractivity contribution >= 4 is 28.1 Å². The Morgan fingerprint density at radius 1 is 0.938 bits per heavy atom. The van der Waals surface area contributed by atoms with Gasteiger partial charge in [-0.25, -0.2) is 0 Å². The molecule has 7 nitrogen and oxygen atoms in total. The maximum absolute atomic E-state index is 13.0. The summed E-state index contributed by atoms with van der Waals surface area (Å²) in [5.41, 5.74) is 1.56. The van der Waals surface area contributed by atoms with Gasteiger partial charge in [-0.3, -0.25) is 4.79 Å². The van der Waals surface area contributed by atoms with Gasteiger partial charge in [-0.05, 0) is 44.7 Å². The number of benzene rings is 2. The summed E-state index contributed by atoms with van der Waals surface area (Å²) in [5.74, 6) is 1.91. The highest BCUT2D eigenvalue weighted by Crippen LogP contribution is 2.42. The maximum Gasteiger partial charge on any atom is 0.253 e. The molecule has 4 aromatic rings. The molecule has 1 amide bonds. The van der Waals surface area contributed by atoms with Crippen LogP contribution in [0.5, 0.6) is 0 Å². The molecule has 2 aromatic heterocycles. The number of aromatic nitrogens is 4. The summed E-state index contributed by atoms with van der Waals surface area (Å²) in [6.45, 7) is 1.94. The molecule has 0 aliphatic carbocycles. The number of piperidine rings is 1. The molecule has 162 valence electrons. The van der Waals surface area contributed by atoms with Gasteiger partial charge in [0.15, 0.2) is 17.3 Å². The van der Waals surface area contributed by atoms with Crippen molar-refractivity contribution in [3.05, 3.63) is 66.0 Å². The fraction of sp³-hybridized carbons (Fsp3) is 0.360. The molecule has 2 saturated heterocycles. The van der Waals surface area contributed by atoms with E-state index < -0.39 is 0 Å². The van der Waals surface area contributed by atoms with Gasteiger partial charge in [0.05, 0.1) is 0 Å². The van der Waals surface area contributed by atoms with Crippen molar-refractivity contribution in [2.45, 2.75) is 50.7 Å². The van der Waals surface area contributed by atoms with Gasteiger partial charge in [0.25, 0.3) is 5.91 Å². The van der Waals surface area contributed by atoms with E-state index in [1.165, 1.54) is 0 Å². The summed E-state index contributed by atoms with van der Waals surface area (Å²) < 4.78 is 1.87. The second-order valence-corrected chi connectivity index (χ2v) is 9.05. The minimum absolute atomic E-state index is 0.105. The number of rotatable bonds is 3. The molecule has 2 aliphatic heterocycles. The van der Waals surface area contributed by atoms with Gasteiger partial charge in [-0.15, -0.1) is 15.3 Å². The van der Waals surface area contributed by atoms with Crippen molar-refractivity contribution in [3.63, 3.8) is 0 Å². The molecule has 0 radical (unpaired) electrons. The number of anilines is 1. The molecule has 7 heteroatoms. The Morgan fingerprint density at radius 2 is 1.59 bits per heavy atom. The van der Waals surface area contributed by atoms with Gasteiger partial charge >= 0.3 is 0 Å². The average Bonchev–Trinajstić information content (AvgIpc) is 3.33. The Labute approximate surface area is 186 Å². The van der Waals surface area contributed by atoms with Crippen LogP contribution in [-0.4, -0.2) is 55.8 Å². The van der Waals surface area contributed by atoms with Crippen molar-refractivity contribution in [2.24, 2.45) is 0 Å². The fourth-order valence-corrected chi connectivity index (χ4v) is 5.62. The number of carbonyl (C=O) groups excluding carboxylic acids is 1. The van der Waals surface area contributed by atoms with Crippen LogP contribution in [0.3, 0.4) is 0 Å². The lowest BCUT2D eigenvalue weighted by atomic mass is 9.95. The molecule has 0 N–H and O–H groups in total. The molecule has 0 saturated carbocycles. The predicted molar refractivity (Wildman–Crippen MR) is 124 cm³/mol. The molecule has 6 rings (SSSR count). The minimum atomic E-state index is 0.105. The fourth-order valence-electron chi connectivity index (χ4n) is 5.62. The number of hydrogen-bond acceptors (Lipinski definition) is 5. The van der Waals surface area contributed by atoms with Crippen LogP contribution in [-0.2, 0) is 0 Å². The summed E-state index contributed by atoms with van der Waals surface area (Å²) in [4.78, 5) is 17.5. The van der Waals surface area contributed by atoms with Crippen LogP contribution in [0, 0.1) is 6.92 Å². The molecule has 32 heavy (non-hydrogen) atoms. The van der Waals surface area contributed by atoms with E-state index in [0.29, 0.717) is 12.1 Å². The maximum atomic E-state index is 13.0. The Bertz CT molecular complexity index is 1300. The molecule has 0 spiro atoms. The number of amides is 1. The first-order valence-electron chi connectivity index (χ1n) is 11.3. The van der Waals surface area contributed by atoms with Crippen LogP contribution in [0.4, 0.5) is 5.82 Å². The average molecular weight is 427 g/mol. The van der Waals surface area contributed by atoms with Crippen molar-refractivity contribution in [1.29, 1.82) is 0 Å². The third-order valence-corrected chi connectivity index (χ3v) is 7.24. The first-order chi connectivity index (χ1) is 15.6. The SMILES string of the molecule is Cc1nnc2c3ccccc3c(N3C4CCC3CC(N(C)C(=O)c3ccccc3)C4)nn12. The summed E-state index contributed by atoms with van der Waals surface area (Å²) in [7, 11) is 1.95. The van der Waals surface area contributed by atoms with Crippen molar-refractivity contribution < 1.29 is 4.79 Å². The van der Waals surface area contributed by atoms with E-state index in [1.54, 1.807) is 0 Å². The number of hydrogen-bond donors (Lipinski definition) is 0. The molecule has 2 bridgehead atoms. The molecular weight excluding hydrogens is 400 g/mol. The molecule has 2 fully saturated rings. The zero-order valence-corrected chi connectivity index (χ0v) is 18.3. The van der Waals surface area contributed by atoms with Gasteiger partial charge in [0.1, 0.15) is 0 Å². The summed E-state index contributed by atoms with van der Waals surface area (Å²) >= 11 is 0. The Morgan fingerprint density at radius 3 is 2.31 bits per heavy atom. The van der Waals surface area contributed by atoms with Crippen molar-refractivity contribution in [3.8, 4) is 0 Å². The van der Waals surface area contributed by atoms with Crippen molar-refractivity contribution in [2.75, 3.05) is 11.9 Å². The zero-order chi connectivity index (χ0) is 21.8. The van der Waals surface area contributed by atoms with Crippen LogP contribution in [0.1, 0.15) is 41.9 Å². The minimum Gasteiger partial charge on any atom is -0.349 e. The molecule has 2 unspecified atom stereocenters. The second-order valence-electron chi connectivity index (χ2n) is 9.05. The summed E-state index contributed by atoms with van der Waals surface area (Å²) in [5, 5.41) is 15.8. The third-order valence-electron chi connectivity index (χ3n) is 7.24. The smallest absolute Gasteiger partial charge is 0.253 e. The lowest BCUT2D eigenvalue weighted by Crippen LogP contribution is -2.51. The van der Waals surface area contributed by atoms with E-state index in [0.717, 1.165) is 59.3 Å². The number of aryl methyl sites for hydroxylation is 1. The third kappa shape index (κ3) is 2.87. The lowest BCUT2D eigenvalue weighted by molar-refractivity contribution is 0.0693. The van der Waals surface area contributed by atoms with E-state index in [-0.39, 0.29) is 11.9 Å². The molecule has 4 heterocycles. The van der Waals surface area contributed by atoms with Crippen LogP contribution in [0.15, 0.2) is 54.6 Å². The van der Waals surface area contributed by atoms with Gasteiger partial charge in [0.2, 0.25) is 0 Å². The summed E-state index contributed by atoms with van der Waals surface area (Å²) in [6, 6.07) is 18.9. The number of carbonyl (C=O) groups is 1. The second kappa shape index (κ2) is 7.29. The predicted octanol–water partition coefficient (Wildman–Crippen LogP) is 3.86.